The van der Waals surface area contributed by atoms with E-state index in [0.29, 0.717) is 35.0 Å². The molecule has 4 N–H and O–H groups in total. The molecule has 0 saturated carbocycles. The van der Waals surface area contributed by atoms with E-state index in [9.17, 15) is 9.59 Å². The number of rotatable bonds is 6. The van der Waals surface area contributed by atoms with Gasteiger partial charge in [0.25, 0.3) is 5.91 Å². The van der Waals surface area contributed by atoms with E-state index >= 15 is 0 Å². The van der Waals surface area contributed by atoms with Crippen LogP contribution in [-0.4, -0.2) is 11.8 Å². The zero-order chi connectivity index (χ0) is 16.8. The van der Waals surface area contributed by atoms with Gasteiger partial charge in [-0.1, -0.05) is 13.8 Å². The Hall–Kier alpha value is -2.31. The van der Waals surface area contributed by atoms with Gasteiger partial charge >= 0.3 is 0 Å². The summed E-state index contributed by atoms with van der Waals surface area (Å²) in [6.45, 7) is 4.23. The van der Waals surface area contributed by atoms with Crippen molar-refractivity contribution in [1.82, 2.24) is 0 Å². The number of anilines is 2. The molecule has 2 aromatic rings. The van der Waals surface area contributed by atoms with E-state index in [2.05, 4.69) is 10.6 Å². The molecule has 2 amide bonds. The topological polar surface area (TPSA) is 97.4 Å². The summed E-state index contributed by atoms with van der Waals surface area (Å²) in [5, 5.41) is 5.57. The average molecular weight is 352 g/mol. The van der Waals surface area contributed by atoms with E-state index in [-0.39, 0.29) is 30.8 Å². The average Bonchev–Trinajstić information content (AvgIpc) is 2.97. The molecular weight excluding hydrogens is 330 g/mol. The second-order valence-electron chi connectivity index (χ2n) is 5.68. The lowest BCUT2D eigenvalue weighted by Crippen LogP contribution is -2.14. The van der Waals surface area contributed by atoms with Crippen LogP contribution in [0, 0.1) is 5.92 Å². The van der Waals surface area contributed by atoms with Crippen LogP contribution in [-0.2, 0) is 11.3 Å². The smallest absolute Gasteiger partial charge is 0.258 e. The highest BCUT2D eigenvalue weighted by atomic mass is 35.5. The molecule has 1 aromatic heterocycles. The molecule has 130 valence electrons. The van der Waals surface area contributed by atoms with Crippen molar-refractivity contribution in [1.29, 1.82) is 0 Å². The molecule has 1 aromatic carbocycles. The van der Waals surface area contributed by atoms with Crippen molar-refractivity contribution in [3.63, 3.8) is 0 Å². The molecule has 0 aliphatic heterocycles. The fraction of sp³-hybridized carbons (Fsp3) is 0.294. The first-order valence-corrected chi connectivity index (χ1v) is 7.46. The van der Waals surface area contributed by atoms with Crippen molar-refractivity contribution >= 4 is 35.6 Å². The van der Waals surface area contributed by atoms with Crippen LogP contribution in [0.25, 0.3) is 0 Å². The molecule has 7 heteroatoms. The van der Waals surface area contributed by atoms with E-state index in [0.717, 1.165) is 0 Å². The van der Waals surface area contributed by atoms with E-state index in [1.54, 1.807) is 30.3 Å². The first-order chi connectivity index (χ1) is 11.0. The number of nitrogens with two attached hydrogens (primary N) is 1. The number of hydrogen-bond donors (Lipinski definition) is 3. The van der Waals surface area contributed by atoms with Gasteiger partial charge in [0.05, 0.1) is 12.1 Å². The minimum absolute atomic E-state index is 0. The Morgan fingerprint density at radius 1 is 1.12 bits per heavy atom. The third-order valence-corrected chi connectivity index (χ3v) is 3.14. The highest BCUT2D eigenvalue weighted by Crippen LogP contribution is 2.16. The lowest BCUT2D eigenvalue weighted by Gasteiger charge is -2.08. The molecule has 0 bridgehead atoms. The summed E-state index contributed by atoms with van der Waals surface area (Å²) in [7, 11) is 0. The van der Waals surface area contributed by atoms with Crippen LogP contribution in [0.3, 0.4) is 0 Å². The standard InChI is InChI=1S/C17H21N3O3.ClH/c1-11(2)7-16(21)19-13-3-5-14(6-4-13)20-17(22)12-8-15(9-18)23-10-12;/h3-6,8,10-11H,7,9,18H2,1-2H3,(H,19,21)(H,20,22);1H. The lowest BCUT2D eigenvalue weighted by molar-refractivity contribution is -0.116. The first-order valence-electron chi connectivity index (χ1n) is 7.46. The third-order valence-electron chi connectivity index (χ3n) is 3.14. The molecule has 0 fully saturated rings. The summed E-state index contributed by atoms with van der Waals surface area (Å²) >= 11 is 0. The van der Waals surface area contributed by atoms with Crippen LogP contribution in [0.5, 0.6) is 0 Å². The molecule has 0 atom stereocenters. The van der Waals surface area contributed by atoms with Crippen molar-refractivity contribution in [3.8, 4) is 0 Å². The summed E-state index contributed by atoms with van der Waals surface area (Å²) in [6, 6.07) is 8.55. The van der Waals surface area contributed by atoms with Gasteiger partial charge < -0.3 is 20.8 Å². The molecule has 0 saturated heterocycles. The first kappa shape index (κ1) is 19.7. The van der Waals surface area contributed by atoms with E-state index in [1.807, 2.05) is 13.8 Å². The lowest BCUT2D eigenvalue weighted by atomic mass is 10.1. The fourth-order valence-electron chi connectivity index (χ4n) is 2.03. The second kappa shape index (κ2) is 9.10. The summed E-state index contributed by atoms with van der Waals surface area (Å²) in [5.41, 5.74) is 7.19. The Bertz CT molecular complexity index is 681. The number of carbonyl (C=O) groups excluding carboxylic acids is 2. The van der Waals surface area contributed by atoms with Crippen molar-refractivity contribution in [2.24, 2.45) is 11.7 Å². The van der Waals surface area contributed by atoms with Crippen LogP contribution in [0.15, 0.2) is 41.0 Å². The molecule has 0 aliphatic carbocycles. The molecule has 0 radical (unpaired) electrons. The van der Waals surface area contributed by atoms with Crippen molar-refractivity contribution in [2.45, 2.75) is 26.8 Å². The van der Waals surface area contributed by atoms with Gasteiger partial charge in [0.2, 0.25) is 5.91 Å². The maximum absolute atomic E-state index is 12.0. The van der Waals surface area contributed by atoms with Gasteiger partial charge in [-0.3, -0.25) is 9.59 Å². The zero-order valence-electron chi connectivity index (χ0n) is 13.7. The monoisotopic (exact) mass is 351 g/mol. The summed E-state index contributed by atoms with van der Waals surface area (Å²) in [4.78, 5) is 23.7. The highest BCUT2D eigenvalue weighted by Gasteiger charge is 2.10. The highest BCUT2D eigenvalue weighted by molar-refractivity contribution is 6.04. The third kappa shape index (κ3) is 5.72. The quantitative estimate of drug-likeness (QED) is 0.743. The van der Waals surface area contributed by atoms with Crippen LogP contribution in [0.2, 0.25) is 0 Å². The Kier molecular flexibility index (Phi) is 7.48. The van der Waals surface area contributed by atoms with Gasteiger partial charge in [-0.25, -0.2) is 0 Å². The van der Waals surface area contributed by atoms with Crippen molar-refractivity contribution in [3.05, 3.63) is 47.9 Å². The van der Waals surface area contributed by atoms with E-state index in [1.165, 1.54) is 6.26 Å². The number of amides is 2. The fourth-order valence-corrected chi connectivity index (χ4v) is 2.03. The number of hydrogen-bond acceptors (Lipinski definition) is 4. The van der Waals surface area contributed by atoms with Gasteiger partial charge in [-0.05, 0) is 36.2 Å². The van der Waals surface area contributed by atoms with Crippen LogP contribution in [0.1, 0.15) is 36.4 Å². The number of benzene rings is 1. The predicted octanol–water partition coefficient (Wildman–Crippen LogP) is 3.40. The maximum atomic E-state index is 12.0. The summed E-state index contributed by atoms with van der Waals surface area (Å²) in [6.07, 6.45) is 1.85. The summed E-state index contributed by atoms with van der Waals surface area (Å²) in [5.74, 6) is 0.565. The Balaban J connectivity index is 0.00000288. The van der Waals surface area contributed by atoms with E-state index in [4.69, 9.17) is 10.2 Å². The Labute approximate surface area is 147 Å². The number of furan rings is 1. The molecule has 24 heavy (non-hydrogen) atoms. The number of carbonyl (C=O) groups is 2. The largest absolute Gasteiger partial charge is 0.467 e. The summed E-state index contributed by atoms with van der Waals surface area (Å²) < 4.78 is 5.13. The minimum Gasteiger partial charge on any atom is -0.467 e. The number of halogens is 1. The molecule has 0 aliphatic rings. The van der Waals surface area contributed by atoms with Crippen molar-refractivity contribution in [2.75, 3.05) is 10.6 Å². The SMILES string of the molecule is CC(C)CC(=O)Nc1ccc(NC(=O)c2coc(CN)c2)cc1.Cl. The van der Waals surface area contributed by atoms with Crippen LogP contribution >= 0.6 is 12.4 Å². The van der Waals surface area contributed by atoms with E-state index < -0.39 is 0 Å². The van der Waals surface area contributed by atoms with Crippen LogP contribution in [0.4, 0.5) is 11.4 Å². The molecule has 2 rings (SSSR count). The van der Waals surface area contributed by atoms with Gasteiger partial charge in [0.1, 0.15) is 12.0 Å². The Morgan fingerprint density at radius 3 is 2.21 bits per heavy atom. The Morgan fingerprint density at radius 2 is 1.71 bits per heavy atom. The van der Waals surface area contributed by atoms with Crippen LogP contribution < -0.4 is 16.4 Å². The maximum Gasteiger partial charge on any atom is 0.258 e. The predicted molar refractivity (Wildman–Crippen MR) is 96.3 cm³/mol. The second-order valence-corrected chi connectivity index (χ2v) is 5.68. The molecular formula is C17H22ClN3O3. The molecule has 6 nitrogen and oxygen atoms in total. The number of nitrogens with one attached hydrogen (secondary N) is 2. The molecule has 0 spiro atoms. The molecule has 0 unspecified atom stereocenters. The van der Waals surface area contributed by atoms with Gasteiger partial charge in [0.15, 0.2) is 0 Å². The normalized spacial score (nSPS) is 10.2. The van der Waals surface area contributed by atoms with Gasteiger partial charge in [-0.15, -0.1) is 12.4 Å². The van der Waals surface area contributed by atoms with Crippen molar-refractivity contribution < 1.29 is 14.0 Å². The zero-order valence-corrected chi connectivity index (χ0v) is 14.5. The van der Waals surface area contributed by atoms with Gasteiger partial charge in [0, 0.05) is 17.8 Å². The van der Waals surface area contributed by atoms with Gasteiger partial charge in [-0.2, -0.15) is 0 Å². The minimum atomic E-state index is -0.273. The molecule has 1 heterocycles.